The molecule has 0 spiro atoms. The number of amides is 1. The van der Waals surface area contributed by atoms with Crippen molar-refractivity contribution in [3.05, 3.63) is 71.9 Å². The summed E-state index contributed by atoms with van der Waals surface area (Å²) in [5, 5.41) is 15.5. The van der Waals surface area contributed by atoms with Crippen LogP contribution in [0, 0.1) is 11.3 Å². The summed E-state index contributed by atoms with van der Waals surface area (Å²) in [7, 11) is 0. The van der Waals surface area contributed by atoms with E-state index in [1.807, 2.05) is 48.5 Å². The molecule has 1 aliphatic heterocycles. The molecule has 1 atom stereocenters. The number of carbonyl (C=O) groups excluding carboxylic acids is 1. The molecule has 1 aromatic heterocycles. The maximum atomic E-state index is 12.4. The molecule has 2 N–H and O–H groups in total. The van der Waals surface area contributed by atoms with Gasteiger partial charge >= 0.3 is 0 Å². The van der Waals surface area contributed by atoms with Gasteiger partial charge in [-0.2, -0.15) is 10.2 Å². The third kappa shape index (κ3) is 6.93. The van der Waals surface area contributed by atoms with E-state index in [2.05, 4.69) is 33.5 Å². The fourth-order valence-corrected chi connectivity index (χ4v) is 4.05. The average Bonchev–Trinajstić information content (AvgIpc) is 3.33. The summed E-state index contributed by atoms with van der Waals surface area (Å²) >= 11 is 0. The highest BCUT2D eigenvalue weighted by molar-refractivity contribution is 5.76. The highest BCUT2D eigenvalue weighted by Crippen LogP contribution is 2.23. The lowest BCUT2D eigenvalue weighted by Crippen LogP contribution is -2.37. The number of benzene rings is 2. The SMILES string of the molecule is CCCc1cc(N2CCC(NC(=O)CCOc3ccccc3)C2)nc(Nc2cccc(C#N)c2)n1. The monoisotopic (exact) mass is 470 g/mol. The van der Waals surface area contributed by atoms with Crippen LogP contribution in [-0.4, -0.2) is 41.6 Å². The lowest BCUT2D eigenvalue weighted by atomic mass is 10.2. The van der Waals surface area contributed by atoms with E-state index in [0.717, 1.165) is 48.8 Å². The zero-order chi connectivity index (χ0) is 24.5. The maximum Gasteiger partial charge on any atom is 0.229 e. The van der Waals surface area contributed by atoms with Crippen LogP contribution < -0.4 is 20.3 Å². The van der Waals surface area contributed by atoms with Crippen LogP contribution >= 0.6 is 0 Å². The summed E-state index contributed by atoms with van der Waals surface area (Å²) in [4.78, 5) is 24.0. The van der Waals surface area contributed by atoms with E-state index in [9.17, 15) is 4.79 Å². The number of aromatic nitrogens is 2. The summed E-state index contributed by atoms with van der Waals surface area (Å²) in [6, 6.07) is 21.0. The Morgan fingerprint density at radius 3 is 2.83 bits per heavy atom. The van der Waals surface area contributed by atoms with Crippen LogP contribution in [0.15, 0.2) is 60.7 Å². The van der Waals surface area contributed by atoms with Crippen LogP contribution in [0.5, 0.6) is 5.75 Å². The van der Waals surface area contributed by atoms with Gasteiger partial charge < -0.3 is 20.3 Å². The lowest BCUT2D eigenvalue weighted by Gasteiger charge is -2.20. The number of para-hydroxylation sites is 1. The second-order valence-electron chi connectivity index (χ2n) is 8.52. The first kappa shape index (κ1) is 24.0. The Hall–Kier alpha value is -4.12. The minimum Gasteiger partial charge on any atom is -0.493 e. The minimum atomic E-state index is -0.0122. The number of ether oxygens (including phenoxy) is 1. The van der Waals surface area contributed by atoms with Gasteiger partial charge in [0.15, 0.2) is 0 Å². The average molecular weight is 471 g/mol. The summed E-state index contributed by atoms with van der Waals surface area (Å²) < 4.78 is 5.63. The predicted octanol–water partition coefficient (Wildman–Crippen LogP) is 4.21. The van der Waals surface area contributed by atoms with Crippen LogP contribution in [0.1, 0.15) is 37.4 Å². The van der Waals surface area contributed by atoms with Crippen LogP contribution in [0.25, 0.3) is 0 Å². The van der Waals surface area contributed by atoms with Crippen molar-refractivity contribution in [3.63, 3.8) is 0 Å². The number of nitriles is 1. The maximum absolute atomic E-state index is 12.4. The fourth-order valence-electron chi connectivity index (χ4n) is 4.05. The fraction of sp³-hybridized carbons (Fsp3) is 0.333. The zero-order valence-corrected chi connectivity index (χ0v) is 19.9. The lowest BCUT2D eigenvalue weighted by molar-refractivity contribution is -0.122. The van der Waals surface area contributed by atoms with Gasteiger partial charge in [-0.25, -0.2) is 4.98 Å². The van der Waals surface area contributed by atoms with Crippen molar-refractivity contribution in [2.24, 2.45) is 0 Å². The molecule has 1 aliphatic rings. The van der Waals surface area contributed by atoms with E-state index < -0.39 is 0 Å². The van der Waals surface area contributed by atoms with Gasteiger partial charge in [0.05, 0.1) is 24.7 Å². The van der Waals surface area contributed by atoms with E-state index in [-0.39, 0.29) is 11.9 Å². The molecule has 1 amide bonds. The molecule has 0 bridgehead atoms. The van der Waals surface area contributed by atoms with Gasteiger partial charge in [0.2, 0.25) is 11.9 Å². The summed E-state index contributed by atoms with van der Waals surface area (Å²) in [6.07, 6.45) is 2.99. The van der Waals surface area contributed by atoms with Crippen molar-refractivity contribution in [1.29, 1.82) is 5.26 Å². The molecule has 0 radical (unpaired) electrons. The Morgan fingerprint density at radius 1 is 1.17 bits per heavy atom. The Bertz CT molecular complexity index is 1180. The number of nitrogens with one attached hydrogen (secondary N) is 2. The van der Waals surface area contributed by atoms with E-state index in [0.29, 0.717) is 31.1 Å². The smallest absolute Gasteiger partial charge is 0.229 e. The molecule has 0 saturated carbocycles. The van der Waals surface area contributed by atoms with Gasteiger partial charge in [-0.1, -0.05) is 37.6 Å². The predicted molar refractivity (Wildman–Crippen MR) is 136 cm³/mol. The second-order valence-corrected chi connectivity index (χ2v) is 8.52. The standard InChI is InChI=1S/C27H30N6O2/c1-2-7-21-17-25(32-27(30-21)31-22-9-6-8-20(16-22)18-28)33-14-12-23(19-33)29-26(34)13-15-35-24-10-4-3-5-11-24/h3-6,8-11,16-17,23H,2,7,12-15,19H2,1H3,(H,29,34)(H,30,31,32). The molecular weight excluding hydrogens is 440 g/mol. The van der Waals surface area contributed by atoms with Gasteiger partial charge in [0, 0.05) is 36.6 Å². The third-order valence-corrected chi connectivity index (χ3v) is 5.74. The van der Waals surface area contributed by atoms with Crippen molar-refractivity contribution in [2.45, 2.75) is 38.6 Å². The Labute approximate surface area is 206 Å². The van der Waals surface area contributed by atoms with Crippen molar-refractivity contribution in [3.8, 4) is 11.8 Å². The first-order chi connectivity index (χ1) is 17.1. The quantitative estimate of drug-likeness (QED) is 0.457. The number of aryl methyl sites for hydroxylation is 1. The van der Waals surface area contributed by atoms with Gasteiger partial charge in [-0.3, -0.25) is 4.79 Å². The first-order valence-corrected chi connectivity index (χ1v) is 12.0. The number of anilines is 3. The van der Waals surface area contributed by atoms with Gasteiger partial charge in [-0.05, 0) is 43.2 Å². The molecule has 1 fully saturated rings. The molecular formula is C27H30N6O2. The van der Waals surface area contributed by atoms with Crippen molar-refractivity contribution < 1.29 is 9.53 Å². The van der Waals surface area contributed by atoms with Crippen LogP contribution in [0.2, 0.25) is 0 Å². The Balaban J connectivity index is 1.35. The van der Waals surface area contributed by atoms with Crippen LogP contribution in [0.3, 0.4) is 0 Å². The molecule has 8 nitrogen and oxygen atoms in total. The summed E-state index contributed by atoms with van der Waals surface area (Å²) in [6.45, 7) is 3.96. The van der Waals surface area contributed by atoms with Crippen LogP contribution in [-0.2, 0) is 11.2 Å². The highest BCUT2D eigenvalue weighted by atomic mass is 16.5. The van der Waals surface area contributed by atoms with E-state index >= 15 is 0 Å². The Morgan fingerprint density at radius 2 is 2.03 bits per heavy atom. The number of hydrogen-bond acceptors (Lipinski definition) is 7. The molecule has 3 aromatic rings. The van der Waals surface area contributed by atoms with E-state index in [4.69, 9.17) is 15.0 Å². The van der Waals surface area contributed by atoms with Gasteiger partial charge in [0.25, 0.3) is 0 Å². The van der Waals surface area contributed by atoms with Crippen LogP contribution in [0.4, 0.5) is 17.5 Å². The minimum absolute atomic E-state index is 0.0122. The van der Waals surface area contributed by atoms with Crippen molar-refractivity contribution in [1.82, 2.24) is 15.3 Å². The summed E-state index contributed by atoms with van der Waals surface area (Å²) in [5.41, 5.74) is 2.31. The molecule has 35 heavy (non-hydrogen) atoms. The zero-order valence-electron chi connectivity index (χ0n) is 19.9. The van der Waals surface area contributed by atoms with Crippen molar-refractivity contribution in [2.75, 3.05) is 29.9 Å². The first-order valence-electron chi connectivity index (χ1n) is 12.0. The number of nitrogens with zero attached hydrogens (tertiary/aromatic N) is 4. The molecule has 2 aromatic carbocycles. The molecule has 0 aliphatic carbocycles. The normalized spacial score (nSPS) is 14.9. The van der Waals surface area contributed by atoms with Gasteiger partial charge in [0.1, 0.15) is 11.6 Å². The largest absolute Gasteiger partial charge is 0.493 e. The molecule has 8 heteroatoms. The molecule has 2 heterocycles. The van der Waals surface area contributed by atoms with Crippen molar-refractivity contribution >= 4 is 23.4 Å². The molecule has 4 rings (SSSR count). The second kappa shape index (κ2) is 11.8. The molecule has 1 saturated heterocycles. The van der Waals surface area contributed by atoms with E-state index in [1.54, 1.807) is 12.1 Å². The molecule has 180 valence electrons. The van der Waals surface area contributed by atoms with E-state index in [1.165, 1.54) is 0 Å². The topological polar surface area (TPSA) is 103 Å². The summed E-state index contributed by atoms with van der Waals surface area (Å²) in [5.74, 6) is 2.10. The van der Waals surface area contributed by atoms with Gasteiger partial charge in [-0.15, -0.1) is 0 Å². The number of rotatable bonds is 10. The molecule has 1 unspecified atom stereocenters. The highest BCUT2D eigenvalue weighted by Gasteiger charge is 2.25. The third-order valence-electron chi connectivity index (χ3n) is 5.74. The number of hydrogen-bond donors (Lipinski definition) is 2. The Kier molecular flexibility index (Phi) is 8.12. The number of carbonyl (C=O) groups is 1.